The number of fused-ring (bicyclic) bond motifs is 1. The topological polar surface area (TPSA) is 98.2 Å². The molecule has 7 atom stereocenters. The summed E-state index contributed by atoms with van der Waals surface area (Å²) in [6.07, 6.45) is 4.73. The number of thioether (sulfide) groups is 1. The van der Waals surface area contributed by atoms with Crippen LogP contribution in [-0.2, 0) is 14.4 Å². The summed E-state index contributed by atoms with van der Waals surface area (Å²) in [5.74, 6) is -3.07. The van der Waals surface area contributed by atoms with Gasteiger partial charge in [0.2, 0.25) is 11.8 Å². The normalized spacial score (nSPS) is 35.2. The lowest BCUT2D eigenvalue weighted by Gasteiger charge is -2.42. The number of hydrogen-bond acceptors (Lipinski definition) is 5. The Morgan fingerprint density at radius 3 is 2.50 bits per heavy atom. The molecular weight excluding hydrogens is 428 g/mol. The van der Waals surface area contributed by atoms with Crippen LogP contribution < -0.4 is 0 Å². The predicted octanol–water partition coefficient (Wildman–Crippen LogP) is 2.77. The summed E-state index contributed by atoms with van der Waals surface area (Å²) in [4.78, 5) is 43.8. The molecule has 0 aromatic carbocycles. The van der Waals surface area contributed by atoms with Gasteiger partial charge in [-0.25, -0.2) is 0 Å². The summed E-state index contributed by atoms with van der Waals surface area (Å²) in [5, 5.41) is 20.3. The zero-order chi connectivity index (χ0) is 24.0. The van der Waals surface area contributed by atoms with Crippen molar-refractivity contribution in [1.82, 2.24) is 9.80 Å². The highest BCUT2D eigenvalue weighted by atomic mass is 32.2. The molecule has 0 aliphatic carbocycles. The molecule has 2 amide bonds. The lowest BCUT2D eigenvalue weighted by atomic mass is 9.66. The van der Waals surface area contributed by atoms with Crippen molar-refractivity contribution < 1.29 is 24.6 Å². The molecule has 3 saturated heterocycles. The van der Waals surface area contributed by atoms with Gasteiger partial charge in [-0.1, -0.05) is 33.3 Å². The van der Waals surface area contributed by atoms with Crippen molar-refractivity contribution in [3.8, 4) is 0 Å². The maximum atomic E-state index is 14.2. The van der Waals surface area contributed by atoms with Crippen LogP contribution in [0.5, 0.6) is 0 Å². The van der Waals surface area contributed by atoms with E-state index in [1.54, 1.807) is 15.9 Å². The van der Waals surface area contributed by atoms with Crippen LogP contribution in [0.15, 0.2) is 12.7 Å². The summed E-state index contributed by atoms with van der Waals surface area (Å²) in [5.41, 5.74) is 0. The highest BCUT2D eigenvalue weighted by molar-refractivity contribution is 8.02. The summed E-state index contributed by atoms with van der Waals surface area (Å²) >= 11 is 1.53. The number of likely N-dealkylation sites (tertiary alicyclic amines) is 1. The van der Waals surface area contributed by atoms with E-state index in [-0.39, 0.29) is 30.4 Å². The Morgan fingerprint density at radius 2 is 2.00 bits per heavy atom. The van der Waals surface area contributed by atoms with Crippen molar-refractivity contribution >= 4 is 29.5 Å². The molecule has 3 rings (SSSR count). The SMILES string of the molecule is C=CCN(C(=O)C1N([C@@H](CO)C(C)C)C(=O)[C@@H]2[C@H](C(=O)O)[C@]3(C)CCC12S3)C(C)CCC. The molecule has 180 valence electrons. The van der Waals surface area contributed by atoms with Crippen LogP contribution in [-0.4, -0.2) is 78.6 Å². The lowest BCUT2D eigenvalue weighted by molar-refractivity contribution is -0.151. The van der Waals surface area contributed by atoms with Gasteiger partial charge in [-0.3, -0.25) is 14.4 Å². The number of hydrogen-bond donors (Lipinski definition) is 2. The van der Waals surface area contributed by atoms with Crippen molar-refractivity contribution in [3.63, 3.8) is 0 Å². The van der Waals surface area contributed by atoms with Crippen molar-refractivity contribution in [2.75, 3.05) is 13.2 Å². The third kappa shape index (κ3) is 3.58. The monoisotopic (exact) mass is 466 g/mol. The number of nitrogens with zero attached hydrogens (tertiary/aromatic N) is 2. The zero-order valence-corrected chi connectivity index (χ0v) is 20.7. The van der Waals surface area contributed by atoms with Gasteiger partial charge in [-0.05, 0) is 39.0 Å². The van der Waals surface area contributed by atoms with E-state index in [0.29, 0.717) is 19.4 Å². The van der Waals surface area contributed by atoms with Gasteiger partial charge in [0.05, 0.1) is 29.2 Å². The summed E-state index contributed by atoms with van der Waals surface area (Å²) in [7, 11) is 0. The van der Waals surface area contributed by atoms with Crippen LogP contribution in [0, 0.1) is 17.8 Å². The largest absolute Gasteiger partial charge is 0.481 e. The average Bonchev–Trinajstić information content (AvgIpc) is 3.27. The molecule has 0 aromatic heterocycles. The summed E-state index contributed by atoms with van der Waals surface area (Å²) in [6, 6.07) is -1.35. The highest BCUT2D eigenvalue weighted by Gasteiger charge is 2.78. The van der Waals surface area contributed by atoms with Crippen LogP contribution in [0.25, 0.3) is 0 Å². The van der Waals surface area contributed by atoms with E-state index >= 15 is 0 Å². The van der Waals surface area contributed by atoms with Gasteiger partial charge < -0.3 is 20.0 Å². The first-order chi connectivity index (χ1) is 15.0. The molecule has 3 unspecified atom stereocenters. The van der Waals surface area contributed by atoms with Gasteiger partial charge in [0.1, 0.15) is 6.04 Å². The van der Waals surface area contributed by atoms with Gasteiger partial charge in [0.15, 0.2) is 0 Å². The lowest BCUT2D eigenvalue weighted by Crippen LogP contribution is -2.59. The van der Waals surface area contributed by atoms with E-state index in [4.69, 9.17) is 0 Å². The zero-order valence-electron chi connectivity index (χ0n) is 19.9. The molecule has 0 aromatic rings. The minimum atomic E-state index is -0.972. The fraction of sp³-hybridized carbons (Fsp3) is 0.792. The maximum Gasteiger partial charge on any atom is 0.308 e. The van der Waals surface area contributed by atoms with Gasteiger partial charge in [-0.2, -0.15) is 0 Å². The van der Waals surface area contributed by atoms with Gasteiger partial charge in [0.25, 0.3) is 0 Å². The number of carbonyl (C=O) groups excluding carboxylic acids is 2. The number of aliphatic hydroxyl groups excluding tert-OH is 1. The molecule has 32 heavy (non-hydrogen) atoms. The van der Waals surface area contributed by atoms with Crippen LogP contribution in [0.4, 0.5) is 0 Å². The maximum absolute atomic E-state index is 14.2. The van der Waals surface area contributed by atoms with Crippen LogP contribution >= 0.6 is 11.8 Å². The molecule has 3 aliphatic heterocycles. The van der Waals surface area contributed by atoms with E-state index in [2.05, 4.69) is 13.5 Å². The predicted molar refractivity (Wildman–Crippen MR) is 125 cm³/mol. The van der Waals surface area contributed by atoms with E-state index in [0.717, 1.165) is 12.8 Å². The third-order valence-corrected chi connectivity index (χ3v) is 9.86. The molecule has 2 N–H and O–H groups in total. The highest BCUT2D eigenvalue weighted by Crippen LogP contribution is 2.71. The number of rotatable bonds is 10. The number of carbonyl (C=O) groups is 3. The Kier molecular flexibility index (Phi) is 7.06. The van der Waals surface area contributed by atoms with E-state index in [1.807, 2.05) is 27.7 Å². The number of amides is 2. The second kappa shape index (κ2) is 9.01. The van der Waals surface area contributed by atoms with Gasteiger partial charge >= 0.3 is 5.97 Å². The fourth-order valence-electron chi connectivity index (χ4n) is 6.35. The molecule has 0 radical (unpaired) electrons. The first-order valence-electron chi connectivity index (χ1n) is 11.8. The van der Waals surface area contributed by atoms with Crippen LogP contribution in [0.1, 0.15) is 60.3 Å². The minimum Gasteiger partial charge on any atom is -0.481 e. The first-order valence-corrected chi connectivity index (χ1v) is 12.6. The molecular formula is C24H38N2O5S. The molecule has 3 aliphatic rings. The van der Waals surface area contributed by atoms with Crippen molar-refractivity contribution in [1.29, 1.82) is 0 Å². The Labute approximate surface area is 195 Å². The third-order valence-electron chi connectivity index (χ3n) is 7.88. The van der Waals surface area contributed by atoms with E-state index < -0.39 is 39.4 Å². The second-order valence-corrected chi connectivity index (χ2v) is 12.1. The van der Waals surface area contributed by atoms with E-state index in [1.165, 1.54) is 11.8 Å². The number of aliphatic hydroxyl groups is 1. The Morgan fingerprint density at radius 1 is 1.34 bits per heavy atom. The number of aliphatic carboxylic acids is 1. The minimum absolute atomic E-state index is 0.0287. The van der Waals surface area contributed by atoms with Gasteiger partial charge in [0, 0.05) is 17.3 Å². The average molecular weight is 467 g/mol. The Hall–Kier alpha value is -1.54. The van der Waals surface area contributed by atoms with E-state index in [9.17, 15) is 24.6 Å². The van der Waals surface area contributed by atoms with Crippen molar-refractivity contribution in [2.24, 2.45) is 17.8 Å². The Balaban J connectivity index is 2.15. The summed E-state index contributed by atoms with van der Waals surface area (Å²) < 4.78 is -1.35. The Bertz CT molecular complexity index is 788. The molecule has 8 heteroatoms. The second-order valence-electron chi connectivity index (χ2n) is 10.2. The van der Waals surface area contributed by atoms with Crippen molar-refractivity contribution in [2.45, 2.75) is 87.9 Å². The first kappa shape index (κ1) is 25.1. The standard InChI is InChI=1S/C24H38N2O5S/c1-7-9-15(5)25(12-8-2)21(29)19-24-11-10-23(6,32-24)18(22(30)31)17(24)20(28)26(19)16(13-27)14(3)4/h8,14-19,27H,2,7,9-13H2,1,3-6H3,(H,30,31)/t15?,16-,17-,18+,19?,23-,24?/m0/s1. The number of carboxylic acids is 1. The molecule has 0 saturated carbocycles. The quantitative estimate of drug-likeness (QED) is 0.481. The fourth-order valence-corrected chi connectivity index (χ4v) is 8.68. The van der Waals surface area contributed by atoms with Crippen LogP contribution in [0.3, 0.4) is 0 Å². The summed E-state index contributed by atoms with van der Waals surface area (Å²) in [6.45, 7) is 13.8. The van der Waals surface area contributed by atoms with Crippen LogP contribution in [0.2, 0.25) is 0 Å². The molecule has 7 nitrogen and oxygen atoms in total. The smallest absolute Gasteiger partial charge is 0.308 e. The molecule has 2 bridgehead atoms. The molecule has 1 spiro atoms. The van der Waals surface area contributed by atoms with Crippen molar-refractivity contribution in [3.05, 3.63) is 12.7 Å². The molecule has 3 heterocycles. The van der Waals surface area contributed by atoms with Gasteiger partial charge in [-0.15, -0.1) is 18.3 Å². The molecule has 3 fully saturated rings. The number of carboxylic acid groups (broad SMARTS) is 1.